The zero-order valence-electron chi connectivity index (χ0n) is 12.8. The van der Waals surface area contributed by atoms with Crippen molar-refractivity contribution in [2.45, 2.75) is 20.3 Å². The highest BCUT2D eigenvalue weighted by Crippen LogP contribution is 2.13. The van der Waals surface area contributed by atoms with Gasteiger partial charge < -0.3 is 24.8 Å². The maximum absolute atomic E-state index is 12.0. The standard InChI is InChI=1S/C13H26N2O5/c1-13(2,11(16)17)10-14-12(18)15(7-9-20-4)6-5-8-19-3/h5-10H2,1-4H3,(H,14,18)(H,16,17). The van der Waals surface area contributed by atoms with Gasteiger partial charge in [-0.25, -0.2) is 4.79 Å². The van der Waals surface area contributed by atoms with Crippen molar-refractivity contribution >= 4 is 12.0 Å². The number of nitrogens with zero attached hydrogens (tertiary/aromatic N) is 1. The average molecular weight is 290 g/mol. The van der Waals surface area contributed by atoms with E-state index in [0.717, 1.165) is 6.42 Å². The Bertz CT molecular complexity index is 307. The summed E-state index contributed by atoms with van der Waals surface area (Å²) >= 11 is 0. The Hall–Kier alpha value is -1.34. The molecule has 0 rings (SSSR count). The molecule has 0 fully saturated rings. The molecule has 7 heteroatoms. The Kier molecular flexibility index (Phi) is 8.91. The van der Waals surface area contributed by atoms with Crippen molar-refractivity contribution in [3.63, 3.8) is 0 Å². The number of methoxy groups -OCH3 is 2. The van der Waals surface area contributed by atoms with Gasteiger partial charge in [0.25, 0.3) is 0 Å². The maximum atomic E-state index is 12.0. The van der Waals surface area contributed by atoms with E-state index >= 15 is 0 Å². The van der Waals surface area contributed by atoms with Gasteiger partial charge in [0.15, 0.2) is 0 Å². The maximum Gasteiger partial charge on any atom is 0.317 e. The molecule has 0 unspecified atom stereocenters. The Morgan fingerprint density at radius 1 is 1.15 bits per heavy atom. The van der Waals surface area contributed by atoms with Crippen LogP contribution in [0, 0.1) is 5.41 Å². The van der Waals surface area contributed by atoms with Gasteiger partial charge in [0.1, 0.15) is 0 Å². The minimum Gasteiger partial charge on any atom is -0.481 e. The highest BCUT2D eigenvalue weighted by atomic mass is 16.5. The molecule has 7 nitrogen and oxygen atoms in total. The van der Waals surface area contributed by atoms with Crippen molar-refractivity contribution < 1.29 is 24.2 Å². The van der Waals surface area contributed by atoms with E-state index in [0.29, 0.717) is 26.3 Å². The van der Waals surface area contributed by atoms with Crippen LogP contribution in [-0.4, -0.2) is 69.1 Å². The summed E-state index contributed by atoms with van der Waals surface area (Å²) in [6, 6.07) is -0.285. The van der Waals surface area contributed by atoms with Crippen LogP contribution >= 0.6 is 0 Å². The summed E-state index contributed by atoms with van der Waals surface area (Å²) in [7, 11) is 3.17. The van der Waals surface area contributed by atoms with Crippen molar-refractivity contribution in [3.8, 4) is 0 Å². The molecule has 0 aliphatic rings. The third-order valence-corrected chi connectivity index (χ3v) is 2.89. The van der Waals surface area contributed by atoms with Gasteiger partial charge >= 0.3 is 12.0 Å². The summed E-state index contributed by atoms with van der Waals surface area (Å²) < 4.78 is 9.92. The third kappa shape index (κ3) is 7.30. The highest BCUT2D eigenvalue weighted by molar-refractivity contribution is 5.77. The van der Waals surface area contributed by atoms with Crippen molar-refractivity contribution in [1.29, 1.82) is 0 Å². The van der Waals surface area contributed by atoms with Crippen LogP contribution in [0.1, 0.15) is 20.3 Å². The number of rotatable bonds is 10. The molecule has 0 atom stereocenters. The van der Waals surface area contributed by atoms with Gasteiger partial charge in [-0.15, -0.1) is 0 Å². The van der Waals surface area contributed by atoms with Crippen LogP contribution in [0.25, 0.3) is 0 Å². The molecule has 118 valence electrons. The predicted octanol–water partition coefficient (Wildman–Crippen LogP) is 0.792. The lowest BCUT2D eigenvalue weighted by molar-refractivity contribution is -0.146. The van der Waals surface area contributed by atoms with Gasteiger partial charge in [0.05, 0.1) is 12.0 Å². The SMILES string of the molecule is COCCCN(CCOC)C(=O)NCC(C)(C)C(=O)O. The van der Waals surface area contributed by atoms with Gasteiger partial charge in [-0.1, -0.05) is 0 Å². The van der Waals surface area contributed by atoms with E-state index in [-0.39, 0.29) is 12.6 Å². The van der Waals surface area contributed by atoms with E-state index in [1.54, 1.807) is 33.0 Å². The van der Waals surface area contributed by atoms with E-state index in [2.05, 4.69) is 5.32 Å². The fourth-order valence-electron chi connectivity index (χ4n) is 1.40. The average Bonchev–Trinajstić information content (AvgIpc) is 2.40. The van der Waals surface area contributed by atoms with Crippen molar-refractivity contribution in [3.05, 3.63) is 0 Å². The topological polar surface area (TPSA) is 88.1 Å². The lowest BCUT2D eigenvalue weighted by Gasteiger charge is -2.25. The third-order valence-electron chi connectivity index (χ3n) is 2.89. The molecule has 0 saturated heterocycles. The molecular weight excluding hydrogens is 264 g/mol. The summed E-state index contributed by atoms with van der Waals surface area (Å²) in [5.41, 5.74) is -0.991. The highest BCUT2D eigenvalue weighted by Gasteiger charge is 2.28. The minimum absolute atomic E-state index is 0.0783. The molecule has 0 saturated carbocycles. The summed E-state index contributed by atoms with van der Waals surface area (Å²) in [4.78, 5) is 24.6. The van der Waals surface area contributed by atoms with E-state index in [4.69, 9.17) is 14.6 Å². The second-order valence-electron chi connectivity index (χ2n) is 5.17. The Morgan fingerprint density at radius 3 is 2.25 bits per heavy atom. The number of carbonyl (C=O) groups excluding carboxylic acids is 1. The van der Waals surface area contributed by atoms with E-state index in [1.807, 2.05) is 0 Å². The van der Waals surface area contributed by atoms with Crippen LogP contribution in [-0.2, 0) is 14.3 Å². The summed E-state index contributed by atoms with van der Waals surface area (Å²) in [6.07, 6.45) is 0.718. The zero-order chi connectivity index (χ0) is 15.6. The smallest absolute Gasteiger partial charge is 0.317 e. The molecule has 0 aromatic rings. The number of ether oxygens (including phenoxy) is 2. The van der Waals surface area contributed by atoms with Crippen LogP contribution in [0.4, 0.5) is 4.79 Å². The van der Waals surface area contributed by atoms with Gasteiger partial charge in [0.2, 0.25) is 0 Å². The molecule has 0 aromatic heterocycles. The van der Waals surface area contributed by atoms with Gasteiger partial charge in [-0.2, -0.15) is 0 Å². The van der Waals surface area contributed by atoms with Crippen LogP contribution < -0.4 is 5.32 Å². The number of urea groups is 1. The first-order valence-electron chi connectivity index (χ1n) is 6.59. The number of carboxylic acid groups (broad SMARTS) is 1. The molecule has 0 aliphatic carbocycles. The van der Waals surface area contributed by atoms with Crippen molar-refractivity contribution in [1.82, 2.24) is 10.2 Å². The fraction of sp³-hybridized carbons (Fsp3) is 0.846. The Labute approximate surface area is 120 Å². The first-order valence-corrected chi connectivity index (χ1v) is 6.59. The molecule has 0 heterocycles. The Balaban J connectivity index is 4.34. The molecular formula is C13H26N2O5. The second-order valence-corrected chi connectivity index (χ2v) is 5.17. The van der Waals surface area contributed by atoms with Gasteiger partial charge in [-0.05, 0) is 20.3 Å². The lowest BCUT2D eigenvalue weighted by atomic mass is 9.94. The van der Waals surface area contributed by atoms with Gasteiger partial charge in [0, 0.05) is 40.5 Å². The quantitative estimate of drug-likeness (QED) is 0.581. The van der Waals surface area contributed by atoms with Crippen molar-refractivity contribution in [2.24, 2.45) is 5.41 Å². The number of hydrogen-bond acceptors (Lipinski definition) is 4. The first kappa shape index (κ1) is 18.7. The van der Waals surface area contributed by atoms with Crippen LogP contribution in [0.15, 0.2) is 0 Å². The normalized spacial score (nSPS) is 11.2. The van der Waals surface area contributed by atoms with Crippen LogP contribution in [0.5, 0.6) is 0 Å². The Morgan fingerprint density at radius 2 is 1.75 bits per heavy atom. The molecule has 0 radical (unpaired) electrons. The molecule has 0 spiro atoms. The van der Waals surface area contributed by atoms with E-state index in [1.165, 1.54) is 0 Å². The number of amides is 2. The van der Waals surface area contributed by atoms with Crippen LogP contribution in [0.3, 0.4) is 0 Å². The van der Waals surface area contributed by atoms with Gasteiger partial charge in [-0.3, -0.25) is 4.79 Å². The monoisotopic (exact) mass is 290 g/mol. The summed E-state index contributed by atoms with van der Waals surface area (Å²) in [6.45, 7) is 5.21. The summed E-state index contributed by atoms with van der Waals surface area (Å²) in [5, 5.41) is 11.7. The number of carboxylic acids is 1. The van der Waals surface area contributed by atoms with E-state index < -0.39 is 11.4 Å². The second kappa shape index (κ2) is 9.55. The first-order chi connectivity index (χ1) is 9.35. The fourth-order valence-corrected chi connectivity index (χ4v) is 1.40. The largest absolute Gasteiger partial charge is 0.481 e. The number of carbonyl (C=O) groups is 2. The number of aliphatic carboxylic acids is 1. The van der Waals surface area contributed by atoms with Crippen LogP contribution in [0.2, 0.25) is 0 Å². The molecule has 0 aliphatic heterocycles. The summed E-state index contributed by atoms with van der Waals surface area (Å²) in [5.74, 6) is -0.944. The molecule has 2 amide bonds. The van der Waals surface area contributed by atoms with E-state index in [9.17, 15) is 9.59 Å². The molecule has 20 heavy (non-hydrogen) atoms. The molecule has 2 N–H and O–H groups in total. The number of hydrogen-bond donors (Lipinski definition) is 2. The molecule has 0 bridgehead atoms. The van der Waals surface area contributed by atoms with Crippen molar-refractivity contribution in [2.75, 3.05) is 47.1 Å². The zero-order valence-corrected chi connectivity index (χ0v) is 12.8. The number of nitrogens with one attached hydrogen (secondary N) is 1. The molecule has 0 aromatic carbocycles. The predicted molar refractivity (Wildman–Crippen MR) is 74.8 cm³/mol. The minimum atomic E-state index is -0.991. The lowest BCUT2D eigenvalue weighted by Crippen LogP contribution is -2.47.